The second-order valence-corrected chi connectivity index (χ2v) is 2.86. The number of carboxylic acid groups (broad SMARTS) is 1. The van der Waals surface area contributed by atoms with Crippen molar-refractivity contribution in [2.75, 3.05) is 20.5 Å². The Bertz CT molecular complexity index is 182. The molecule has 3 nitrogen and oxygen atoms in total. The van der Waals surface area contributed by atoms with Crippen molar-refractivity contribution in [1.29, 1.82) is 0 Å². The van der Waals surface area contributed by atoms with Crippen LogP contribution in [0.1, 0.15) is 13.8 Å². The first-order valence-electron chi connectivity index (χ1n) is 3.91. The van der Waals surface area contributed by atoms with E-state index in [-0.39, 0.29) is 18.4 Å². The van der Waals surface area contributed by atoms with Crippen LogP contribution < -0.4 is 0 Å². The third-order valence-electron chi connectivity index (χ3n) is 1.64. The molecule has 0 saturated heterocycles. The monoisotopic (exact) mass is 243 g/mol. The van der Waals surface area contributed by atoms with E-state index in [9.17, 15) is 4.79 Å². The molecule has 0 bridgehead atoms. The lowest BCUT2D eigenvalue weighted by atomic mass is 10.2. The normalized spacial score (nSPS) is 12.4. The van der Waals surface area contributed by atoms with Gasteiger partial charge in [-0.1, -0.05) is 6.08 Å². The first-order chi connectivity index (χ1) is 5.95. The van der Waals surface area contributed by atoms with Crippen molar-refractivity contribution in [3.63, 3.8) is 0 Å². The van der Waals surface area contributed by atoms with Crippen molar-refractivity contribution in [1.82, 2.24) is 4.90 Å². The Kier molecular flexibility index (Phi) is 15.0. The molecule has 0 radical (unpaired) electrons. The van der Waals surface area contributed by atoms with Gasteiger partial charge in [0.15, 0.2) is 0 Å². The van der Waals surface area contributed by atoms with Gasteiger partial charge in [0, 0.05) is 18.0 Å². The molecule has 0 saturated carbocycles. The number of hydrogen-bond acceptors (Lipinski definition) is 2. The summed E-state index contributed by atoms with van der Waals surface area (Å²) in [5.74, 6) is -0.848. The molecule has 0 heterocycles. The van der Waals surface area contributed by atoms with Crippen molar-refractivity contribution in [3.8, 4) is 0 Å². The highest BCUT2D eigenvalue weighted by molar-refractivity contribution is 6.15. The summed E-state index contributed by atoms with van der Waals surface area (Å²) in [5, 5.41) is 8.53. The van der Waals surface area contributed by atoms with E-state index >= 15 is 0 Å². The fourth-order valence-electron chi connectivity index (χ4n) is 0.582. The molecule has 0 aromatic heterocycles. The minimum Gasteiger partial charge on any atom is -0.478 e. The summed E-state index contributed by atoms with van der Waals surface area (Å²) in [6.45, 7) is 3.55. The molecule has 5 heteroatoms. The van der Waals surface area contributed by atoms with Crippen LogP contribution in [-0.2, 0) is 4.79 Å². The third-order valence-corrected chi connectivity index (χ3v) is 1.64. The van der Waals surface area contributed by atoms with E-state index in [0.717, 1.165) is 0 Å². The van der Waals surface area contributed by atoms with Gasteiger partial charge in [-0.25, -0.2) is 4.79 Å². The summed E-state index contributed by atoms with van der Waals surface area (Å²) >= 11 is 4.64. The first kappa shape index (κ1) is 19.3. The lowest BCUT2D eigenvalue weighted by Gasteiger charge is -2.15. The number of nitrogens with zero attached hydrogens (tertiary/aromatic N) is 1. The topological polar surface area (TPSA) is 40.5 Å². The van der Waals surface area contributed by atoms with E-state index < -0.39 is 5.97 Å². The number of aliphatic carboxylic acids is 1. The molecular weight excluding hydrogens is 225 g/mol. The van der Waals surface area contributed by atoms with Crippen LogP contribution >= 0.6 is 24.0 Å². The van der Waals surface area contributed by atoms with Gasteiger partial charge >= 0.3 is 5.97 Å². The van der Waals surface area contributed by atoms with Crippen LogP contribution in [0.15, 0.2) is 11.6 Å². The summed E-state index contributed by atoms with van der Waals surface area (Å²) in [4.78, 5) is 12.3. The highest BCUT2D eigenvalue weighted by Crippen LogP contribution is 1.99. The maximum absolute atomic E-state index is 10.4. The predicted octanol–water partition coefficient (Wildman–Crippen LogP) is 2.24. The molecule has 0 fully saturated rings. The third kappa shape index (κ3) is 9.84. The first-order valence-corrected chi connectivity index (χ1v) is 4.66. The van der Waals surface area contributed by atoms with E-state index in [4.69, 9.17) is 5.11 Å². The molecule has 0 aromatic rings. The molecule has 0 aliphatic rings. The van der Waals surface area contributed by atoms with Crippen molar-refractivity contribution in [2.45, 2.75) is 19.9 Å². The van der Waals surface area contributed by atoms with Crippen LogP contribution in [0.4, 0.5) is 0 Å². The lowest BCUT2D eigenvalue weighted by Crippen LogP contribution is -2.23. The van der Waals surface area contributed by atoms with E-state index in [1.165, 1.54) is 6.38 Å². The largest absolute Gasteiger partial charge is 0.478 e. The molecule has 0 spiro atoms. The average molecular weight is 244 g/mol. The summed E-state index contributed by atoms with van der Waals surface area (Å²) in [6, 6.07) is 0.172. The lowest BCUT2D eigenvalue weighted by molar-refractivity contribution is -0.132. The number of alkyl halides is 1. The Balaban J connectivity index is -0.000000376. The Morgan fingerprint density at radius 2 is 1.79 bits per heavy atom. The maximum atomic E-state index is 10.4. The fraction of sp³-hybridized carbons (Fsp3) is 0.667. The van der Waals surface area contributed by atoms with Crippen LogP contribution in [0.5, 0.6) is 0 Å². The van der Waals surface area contributed by atoms with Crippen LogP contribution in [-0.4, -0.2) is 42.5 Å². The van der Waals surface area contributed by atoms with Gasteiger partial charge in [0.25, 0.3) is 0 Å². The highest BCUT2D eigenvalue weighted by atomic mass is 35.5. The van der Waals surface area contributed by atoms with Crippen molar-refractivity contribution in [3.05, 3.63) is 11.6 Å². The van der Waals surface area contributed by atoms with E-state index in [1.54, 1.807) is 13.0 Å². The zero-order chi connectivity index (χ0) is 11.0. The number of rotatable bonds is 3. The highest BCUT2D eigenvalue weighted by Gasteiger charge is 2.04. The molecule has 0 amide bonds. The van der Waals surface area contributed by atoms with Crippen LogP contribution in [0.2, 0.25) is 0 Å². The standard InChI is InChI=1S/C8H15NO2.CH3Cl.ClH/c1-6(8(10)11)5-7(2)9(3)4;1-2;/h5,7H,1-4H3,(H,10,11);1H3;1H. The van der Waals surface area contributed by atoms with Crippen molar-refractivity contribution >= 4 is 30.0 Å². The van der Waals surface area contributed by atoms with Crippen LogP contribution in [0.3, 0.4) is 0 Å². The Morgan fingerprint density at radius 1 is 1.43 bits per heavy atom. The van der Waals surface area contributed by atoms with Gasteiger partial charge < -0.3 is 10.0 Å². The maximum Gasteiger partial charge on any atom is 0.331 e. The van der Waals surface area contributed by atoms with Crippen molar-refractivity contribution in [2.24, 2.45) is 0 Å². The number of carbonyl (C=O) groups is 1. The Hall–Kier alpha value is -0.250. The number of likely N-dealkylation sites (N-methyl/N-ethyl adjacent to an activating group) is 1. The number of halogens is 2. The summed E-state index contributed by atoms with van der Waals surface area (Å²) in [7, 11) is 3.83. The van der Waals surface area contributed by atoms with Crippen LogP contribution in [0, 0.1) is 0 Å². The zero-order valence-corrected chi connectivity index (χ0v) is 10.8. The molecule has 0 aromatic carbocycles. The summed E-state index contributed by atoms with van der Waals surface area (Å²) < 4.78 is 0. The fourth-order valence-corrected chi connectivity index (χ4v) is 0.582. The average Bonchev–Trinajstić information content (AvgIpc) is 2.07. The van der Waals surface area contributed by atoms with Gasteiger partial charge in [0.2, 0.25) is 0 Å². The molecule has 1 unspecified atom stereocenters. The van der Waals surface area contributed by atoms with Gasteiger partial charge in [-0.3, -0.25) is 0 Å². The van der Waals surface area contributed by atoms with Crippen molar-refractivity contribution < 1.29 is 9.90 Å². The minimum absolute atomic E-state index is 0. The SMILES string of the molecule is CC(=CC(C)N(C)C)C(=O)O.CCl.Cl. The second kappa shape index (κ2) is 10.8. The Morgan fingerprint density at radius 3 is 2.00 bits per heavy atom. The smallest absolute Gasteiger partial charge is 0.331 e. The molecular formula is C9H19Cl2NO2. The summed E-state index contributed by atoms with van der Waals surface area (Å²) in [6.07, 6.45) is 3.20. The zero-order valence-electron chi connectivity index (χ0n) is 9.24. The van der Waals surface area contributed by atoms with E-state index in [2.05, 4.69) is 11.6 Å². The number of hydrogen-bond donors (Lipinski definition) is 1. The molecule has 1 N–H and O–H groups in total. The summed E-state index contributed by atoms with van der Waals surface area (Å²) in [5.41, 5.74) is 0.395. The molecule has 14 heavy (non-hydrogen) atoms. The van der Waals surface area contributed by atoms with Gasteiger partial charge in [0.05, 0.1) is 0 Å². The number of carboxylic acids is 1. The predicted molar refractivity (Wildman–Crippen MR) is 63.6 cm³/mol. The molecule has 1 atom stereocenters. The van der Waals surface area contributed by atoms with E-state index in [0.29, 0.717) is 5.57 Å². The molecule has 0 rings (SSSR count). The second-order valence-electron chi connectivity index (χ2n) is 2.86. The van der Waals surface area contributed by atoms with Gasteiger partial charge in [-0.15, -0.1) is 24.0 Å². The van der Waals surface area contributed by atoms with Gasteiger partial charge in [-0.2, -0.15) is 0 Å². The van der Waals surface area contributed by atoms with Crippen LogP contribution in [0.25, 0.3) is 0 Å². The Labute approximate surface area is 97.1 Å². The van der Waals surface area contributed by atoms with E-state index in [1.807, 2.05) is 25.9 Å². The molecule has 86 valence electrons. The van der Waals surface area contributed by atoms with Gasteiger partial charge in [-0.05, 0) is 27.9 Å². The quantitative estimate of drug-likeness (QED) is 0.611. The minimum atomic E-state index is -0.848. The molecule has 0 aliphatic heterocycles. The molecule has 0 aliphatic carbocycles. The van der Waals surface area contributed by atoms with Gasteiger partial charge in [0.1, 0.15) is 0 Å².